The van der Waals surface area contributed by atoms with Crippen LogP contribution in [0.5, 0.6) is 0 Å². The summed E-state index contributed by atoms with van der Waals surface area (Å²) in [5.74, 6) is -0.436. The first-order valence-electron chi connectivity index (χ1n) is 5.53. The number of nitrogens with two attached hydrogens (primary N) is 1. The van der Waals surface area contributed by atoms with Gasteiger partial charge in [0.15, 0.2) is 0 Å². The van der Waals surface area contributed by atoms with E-state index in [0.717, 1.165) is 19.3 Å². The summed E-state index contributed by atoms with van der Waals surface area (Å²) in [5, 5.41) is 8.95. The number of amides is 1. The quantitative estimate of drug-likeness (QED) is 0.587. The van der Waals surface area contributed by atoms with Gasteiger partial charge in [-0.05, 0) is 12.3 Å². The van der Waals surface area contributed by atoms with Crippen molar-refractivity contribution in [3.63, 3.8) is 0 Å². The number of carbonyl (C=O) groups excluding carboxylic acids is 1. The van der Waals surface area contributed by atoms with E-state index in [4.69, 9.17) is 10.8 Å². The summed E-state index contributed by atoms with van der Waals surface area (Å²) >= 11 is 0. The van der Waals surface area contributed by atoms with Crippen molar-refractivity contribution in [2.75, 3.05) is 6.61 Å². The smallest absolute Gasteiger partial charge is 0.220 e. The van der Waals surface area contributed by atoms with Gasteiger partial charge in [0.25, 0.3) is 0 Å². The van der Waals surface area contributed by atoms with Crippen LogP contribution in [0, 0.1) is 11.8 Å². The van der Waals surface area contributed by atoms with Crippen LogP contribution in [0.4, 0.5) is 0 Å². The van der Waals surface area contributed by atoms with Crippen molar-refractivity contribution in [2.45, 2.75) is 46.0 Å². The van der Waals surface area contributed by atoms with Crippen molar-refractivity contribution in [1.29, 1.82) is 0 Å². The fraction of sp³-hybridized carbons (Fsp3) is 0.909. The van der Waals surface area contributed by atoms with Gasteiger partial charge in [-0.3, -0.25) is 4.79 Å². The first-order valence-corrected chi connectivity index (χ1v) is 5.53. The van der Waals surface area contributed by atoms with Crippen molar-refractivity contribution in [2.24, 2.45) is 17.6 Å². The standard InChI is InChI=1S/C11H23NO2/c1-3-4-5-6-7-10(11(12)14)9(2)8-13/h9-10,13H,3-8H2,1-2H3,(H2,12,14). The van der Waals surface area contributed by atoms with E-state index in [1.807, 2.05) is 6.92 Å². The lowest BCUT2D eigenvalue weighted by molar-refractivity contribution is -0.124. The van der Waals surface area contributed by atoms with Crippen molar-refractivity contribution in [3.05, 3.63) is 0 Å². The fourth-order valence-electron chi connectivity index (χ4n) is 1.63. The minimum atomic E-state index is -0.275. The van der Waals surface area contributed by atoms with E-state index in [1.54, 1.807) is 0 Å². The predicted molar refractivity (Wildman–Crippen MR) is 57.7 cm³/mol. The molecule has 0 saturated carbocycles. The van der Waals surface area contributed by atoms with E-state index >= 15 is 0 Å². The zero-order valence-electron chi connectivity index (χ0n) is 9.33. The van der Waals surface area contributed by atoms with Gasteiger partial charge in [-0.2, -0.15) is 0 Å². The maximum atomic E-state index is 11.1. The van der Waals surface area contributed by atoms with Crippen molar-refractivity contribution in [3.8, 4) is 0 Å². The first kappa shape index (κ1) is 13.4. The summed E-state index contributed by atoms with van der Waals surface area (Å²) in [5.41, 5.74) is 5.28. The van der Waals surface area contributed by atoms with Crippen molar-refractivity contribution >= 4 is 5.91 Å². The molecule has 0 aromatic carbocycles. The monoisotopic (exact) mass is 201 g/mol. The number of aliphatic hydroxyl groups excluding tert-OH is 1. The Balaban J connectivity index is 3.80. The summed E-state index contributed by atoms with van der Waals surface area (Å²) in [6, 6.07) is 0. The average Bonchev–Trinajstić information content (AvgIpc) is 2.16. The molecule has 0 aliphatic heterocycles. The van der Waals surface area contributed by atoms with Gasteiger partial charge in [-0.1, -0.05) is 39.5 Å². The number of primary amides is 1. The van der Waals surface area contributed by atoms with Crippen LogP contribution in [0.15, 0.2) is 0 Å². The second-order valence-corrected chi connectivity index (χ2v) is 4.02. The molecule has 2 unspecified atom stereocenters. The van der Waals surface area contributed by atoms with Crippen LogP contribution in [-0.4, -0.2) is 17.6 Å². The summed E-state index contributed by atoms with van der Waals surface area (Å²) in [6.07, 6.45) is 5.40. The maximum Gasteiger partial charge on any atom is 0.220 e. The van der Waals surface area contributed by atoms with Gasteiger partial charge in [-0.15, -0.1) is 0 Å². The molecule has 14 heavy (non-hydrogen) atoms. The summed E-state index contributed by atoms with van der Waals surface area (Å²) < 4.78 is 0. The molecule has 0 aliphatic rings. The number of rotatable bonds is 8. The lowest BCUT2D eigenvalue weighted by Crippen LogP contribution is -2.30. The second-order valence-electron chi connectivity index (χ2n) is 4.02. The molecule has 0 spiro atoms. The van der Waals surface area contributed by atoms with Crippen LogP contribution in [-0.2, 0) is 4.79 Å². The highest BCUT2D eigenvalue weighted by Gasteiger charge is 2.21. The highest BCUT2D eigenvalue weighted by Crippen LogP contribution is 2.18. The van der Waals surface area contributed by atoms with Crippen LogP contribution < -0.4 is 5.73 Å². The van der Waals surface area contributed by atoms with E-state index < -0.39 is 0 Å². The van der Waals surface area contributed by atoms with Gasteiger partial charge in [0.1, 0.15) is 0 Å². The molecule has 1 amide bonds. The van der Waals surface area contributed by atoms with E-state index in [1.165, 1.54) is 12.8 Å². The van der Waals surface area contributed by atoms with Crippen LogP contribution in [0.3, 0.4) is 0 Å². The number of aliphatic hydroxyl groups is 1. The number of hydrogen-bond acceptors (Lipinski definition) is 2. The number of carbonyl (C=O) groups is 1. The molecule has 0 heterocycles. The third-order valence-electron chi connectivity index (χ3n) is 2.71. The Labute approximate surface area is 86.7 Å². The lowest BCUT2D eigenvalue weighted by atomic mass is 9.89. The molecule has 0 bridgehead atoms. The topological polar surface area (TPSA) is 63.3 Å². The van der Waals surface area contributed by atoms with Gasteiger partial charge in [-0.25, -0.2) is 0 Å². The van der Waals surface area contributed by atoms with Crippen LogP contribution in [0.1, 0.15) is 46.0 Å². The van der Waals surface area contributed by atoms with Crippen molar-refractivity contribution in [1.82, 2.24) is 0 Å². The molecule has 3 heteroatoms. The Kier molecular flexibility index (Phi) is 7.48. The largest absolute Gasteiger partial charge is 0.396 e. The number of hydrogen-bond donors (Lipinski definition) is 2. The lowest BCUT2D eigenvalue weighted by Gasteiger charge is -2.18. The molecule has 3 nitrogen and oxygen atoms in total. The molecule has 0 saturated heterocycles. The molecule has 2 atom stereocenters. The van der Waals surface area contributed by atoms with Gasteiger partial charge in [0, 0.05) is 12.5 Å². The Morgan fingerprint density at radius 3 is 2.43 bits per heavy atom. The number of unbranched alkanes of at least 4 members (excludes halogenated alkanes) is 3. The van der Waals surface area contributed by atoms with Crippen LogP contribution in [0.25, 0.3) is 0 Å². The molecule has 0 radical (unpaired) electrons. The summed E-state index contributed by atoms with van der Waals surface area (Å²) in [6.45, 7) is 4.07. The Morgan fingerprint density at radius 1 is 1.36 bits per heavy atom. The minimum absolute atomic E-state index is 0.00544. The Hall–Kier alpha value is -0.570. The van der Waals surface area contributed by atoms with E-state index in [9.17, 15) is 4.79 Å². The molecular formula is C11H23NO2. The Bertz CT molecular complexity index is 159. The highest BCUT2D eigenvalue weighted by atomic mass is 16.3. The molecule has 84 valence electrons. The molecular weight excluding hydrogens is 178 g/mol. The van der Waals surface area contributed by atoms with Crippen LogP contribution >= 0.6 is 0 Å². The summed E-state index contributed by atoms with van der Waals surface area (Å²) in [4.78, 5) is 11.1. The highest BCUT2D eigenvalue weighted by molar-refractivity contribution is 5.76. The first-order chi connectivity index (χ1) is 6.63. The molecule has 0 rings (SSSR count). The zero-order valence-corrected chi connectivity index (χ0v) is 9.33. The van der Waals surface area contributed by atoms with E-state index in [0.29, 0.717) is 0 Å². The molecule has 3 N–H and O–H groups in total. The SMILES string of the molecule is CCCCCCC(C(N)=O)C(C)CO. The molecule has 0 fully saturated rings. The molecule has 0 aliphatic carbocycles. The molecule has 0 aromatic heterocycles. The zero-order chi connectivity index (χ0) is 11.0. The van der Waals surface area contributed by atoms with E-state index in [-0.39, 0.29) is 24.3 Å². The minimum Gasteiger partial charge on any atom is -0.396 e. The van der Waals surface area contributed by atoms with Crippen LogP contribution in [0.2, 0.25) is 0 Å². The fourth-order valence-corrected chi connectivity index (χ4v) is 1.63. The van der Waals surface area contributed by atoms with Gasteiger partial charge >= 0.3 is 0 Å². The maximum absolute atomic E-state index is 11.1. The third kappa shape index (κ3) is 5.22. The van der Waals surface area contributed by atoms with Gasteiger partial charge in [0.05, 0.1) is 0 Å². The molecule has 0 aromatic rings. The predicted octanol–water partition coefficient (Wildman–Crippen LogP) is 1.69. The van der Waals surface area contributed by atoms with E-state index in [2.05, 4.69) is 6.92 Å². The van der Waals surface area contributed by atoms with Crippen molar-refractivity contribution < 1.29 is 9.90 Å². The van der Waals surface area contributed by atoms with Gasteiger partial charge in [0.2, 0.25) is 5.91 Å². The average molecular weight is 201 g/mol. The Morgan fingerprint density at radius 2 is 2.00 bits per heavy atom. The summed E-state index contributed by atoms with van der Waals surface area (Å²) in [7, 11) is 0. The third-order valence-corrected chi connectivity index (χ3v) is 2.71. The van der Waals surface area contributed by atoms with Gasteiger partial charge < -0.3 is 10.8 Å². The second kappa shape index (κ2) is 7.80. The normalized spacial score (nSPS) is 15.1.